The number of hydrogen-bond acceptors (Lipinski definition) is 5. The van der Waals surface area contributed by atoms with Gasteiger partial charge in [-0.05, 0) is 39.7 Å². The van der Waals surface area contributed by atoms with Gasteiger partial charge >= 0.3 is 6.09 Å². The Hall–Kier alpha value is -1.82. The van der Waals surface area contributed by atoms with E-state index in [0.717, 1.165) is 18.4 Å². The molecule has 6 heteroatoms. The lowest BCUT2D eigenvalue weighted by Crippen LogP contribution is -2.53. The molecule has 24 heavy (non-hydrogen) atoms. The highest BCUT2D eigenvalue weighted by molar-refractivity contribution is 5.69. The van der Waals surface area contributed by atoms with Crippen molar-refractivity contribution in [2.45, 2.75) is 69.7 Å². The highest BCUT2D eigenvalue weighted by Crippen LogP contribution is 2.46. The first-order valence-corrected chi connectivity index (χ1v) is 8.45. The number of nitrogens with zero attached hydrogens (tertiary/aromatic N) is 2. The standard InChI is InChI=1S/C18H26N2O4/c1-17(2,3)24-16(21)20-13-5-6-14(20)9-18(22,8-13)12-7-15(23-4)11-19-10-12/h7,10-11,13-14,22H,5-6,8-9H2,1-4H3. The predicted molar refractivity (Wildman–Crippen MR) is 88.8 cm³/mol. The molecule has 0 saturated carbocycles. The Morgan fingerprint density at radius 1 is 1.29 bits per heavy atom. The van der Waals surface area contributed by atoms with Gasteiger partial charge in [-0.2, -0.15) is 0 Å². The first kappa shape index (κ1) is 17.0. The summed E-state index contributed by atoms with van der Waals surface area (Å²) in [6, 6.07) is 1.82. The molecule has 0 aromatic carbocycles. The van der Waals surface area contributed by atoms with Gasteiger partial charge in [0.05, 0.1) is 18.9 Å². The van der Waals surface area contributed by atoms with Gasteiger partial charge in [0.25, 0.3) is 0 Å². The lowest BCUT2D eigenvalue weighted by atomic mass is 9.81. The van der Waals surface area contributed by atoms with Gasteiger partial charge in [-0.25, -0.2) is 4.79 Å². The maximum absolute atomic E-state index is 12.5. The highest BCUT2D eigenvalue weighted by Gasteiger charge is 2.51. The van der Waals surface area contributed by atoms with Gasteiger partial charge in [0.2, 0.25) is 0 Å². The lowest BCUT2D eigenvalue weighted by Gasteiger charge is -2.44. The largest absolute Gasteiger partial charge is 0.495 e. The van der Waals surface area contributed by atoms with Crippen LogP contribution in [0.4, 0.5) is 4.79 Å². The van der Waals surface area contributed by atoms with Crippen LogP contribution in [0.1, 0.15) is 52.0 Å². The number of ether oxygens (including phenoxy) is 2. The minimum Gasteiger partial charge on any atom is -0.495 e. The van der Waals surface area contributed by atoms with E-state index in [9.17, 15) is 9.90 Å². The molecule has 1 aromatic heterocycles. The van der Waals surface area contributed by atoms with Gasteiger partial charge in [0.1, 0.15) is 11.4 Å². The number of piperidine rings is 1. The van der Waals surface area contributed by atoms with Gasteiger partial charge in [-0.1, -0.05) is 0 Å². The second kappa shape index (κ2) is 5.92. The third kappa shape index (κ3) is 3.20. The summed E-state index contributed by atoms with van der Waals surface area (Å²) < 4.78 is 10.8. The SMILES string of the molecule is COc1cncc(C2(O)CC3CCC(C2)N3C(=O)OC(C)(C)C)c1. The van der Waals surface area contributed by atoms with Crippen LogP contribution in [0.2, 0.25) is 0 Å². The third-order valence-corrected chi connectivity index (χ3v) is 4.86. The maximum Gasteiger partial charge on any atom is 0.410 e. The first-order valence-electron chi connectivity index (χ1n) is 8.45. The summed E-state index contributed by atoms with van der Waals surface area (Å²) in [4.78, 5) is 18.5. The molecule has 0 radical (unpaired) electrons. The van der Waals surface area contributed by atoms with Crippen LogP contribution in [0.5, 0.6) is 5.75 Å². The maximum atomic E-state index is 12.5. The monoisotopic (exact) mass is 334 g/mol. The van der Waals surface area contributed by atoms with Gasteiger partial charge < -0.3 is 19.5 Å². The van der Waals surface area contributed by atoms with Gasteiger partial charge in [-0.3, -0.25) is 4.98 Å². The second-order valence-corrected chi connectivity index (χ2v) is 7.83. The Morgan fingerprint density at radius 3 is 2.46 bits per heavy atom. The van der Waals surface area contributed by atoms with Crippen LogP contribution in [0.25, 0.3) is 0 Å². The molecule has 3 heterocycles. The molecule has 2 unspecified atom stereocenters. The molecule has 132 valence electrons. The second-order valence-electron chi connectivity index (χ2n) is 7.83. The van der Waals surface area contributed by atoms with E-state index in [1.807, 2.05) is 31.7 Å². The number of rotatable bonds is 2. The Morgan fingerprint density at radius 2 is 1.92 bits per heavy atom. The summed E-state index contributed by atoms with van der Waals surface area (Å²) in [5.41, 5.74) is -0.741. The topological polar surface area (TPSA) is 71.9 Å². The molecule has 2 fully saturated rings. The normalized spacial score (nSPS) is 29.5. The predicted octanol–water partition coefficient (Wildman–Crippen LogP) is 2.84. The molecule has 2 saturated heterocycles. The van der Waals surface area contributed by atoms with Gasteiger partial charge in [-0.15, -0.1) is 0 Å². The van der Waals surface area contributed by atoms with Crippen LogP contribution in [-0.2, 0) is 10.3 Å². The molecule has 0 spiro atoms. The molecule has 1 N–H and O–H groups in total. The number of aromatic nitrogens is 1. The molecule has 2 bridgehead atoms. The Kier molecular flexibility index (Phi) is 4.20. The molecule has 0 aliphatic carbocycles. The third-order valence-electron chi connectivity index (χ3n) is 4.86. The summed E-state index contributed by atoms with van der Waals surface area (Å²) in [7, 11) is 1.58. The zero-order valence-corrected chi connectivity index (χ0v) is 14.8. The van der Waals surface area contributed by atoms with Crippen LogP contribution in [0.15, 0.2) is 18.5 Å². The van der Waals surface area contributed by atoms with Crippen LogP contribution in [-0.4, -0.2) is 45.9 Å². The summed E-state index contributed by atoms with van der Waals surface area (Å²) in [6.07, 6.45) is 5.81. The molecule has 1 amide bonds. The van der Waals surface area contributed by atoms with E-state index >= 15 is 0 Å². The minimum absolute atomic E-state index is 0.00481. The van der Waals surface area contributed by atoms with Crippen molar-refractivity contribution in [2.24, 2.45) is 0 Å². The molecular formula is C18H26N2O4. The molecule has 3 rings (SSSR count). The molecule has 2 aliphatic rings. The average Bonchev–Trinajstić information content (AvgIpc) is 2.78. The van der Waals surface area contributed by atoms with Crippen molar-refractivity contribution in [3.05, 3.63) is 24.0 Å². The summed E-state index contributed by atoms with van der Waals surface area (Å²) in [6.45, 7) is 5.61. The van der Waals surface area contributed by atoms with E-state index in [2.05, 4.69) is 4.98 Å². The number of methoxy groups -OCH3 is 1. The number of carbonyl (C=O) groups excluding carboxylic acids is 1. The molecule has 1 aromatic rings. The molecule has 2 aliphatic heterocycles. The number of fused-ring (bicyclic) bond motifs is 2. The van der Waals surface area contributed by atoms with Crippen molar-refractivity contribution < 1.29 is 19.4 Å². The van der Waals surface area contributed by atoms with Gasteiger partial charge in [0, 0.05) is 36.7 Å². The van der Waals surface area contributed by atoms with E-state index < -0.39 is 11.2 Å². The molecule has 2 atom stereocenters. The smallest absolute Gasteiger partial charge is 0.410 e. The quantitative estimate of drug-likeness (QED) is 0.900. The summed E-state index contributed by atoms with van der Waals surface area (Å²) >= 11 is 0. The molecular weight excluding hydrogens is 308 g/mol. The van der Waals surface area contributed by atoms with Crippen LogP contribution < -0.4 is 4.74 Å². The number of hydrogen-bond donors (Lipinski definition) is 1. The number of aliphatic hydroxyl groups is 1. The van der Waals surface area contributed by atoms with Crippen molar-refractivity contribution in [2.75, 3.05) is 7.11 Å². The van der Waals surface area contributed by atoms with Crippen LogP contribution in [0.3, 0.4) is 0 Å². The van der Waals surface area contributed by atoms with Crippen molar-refractivity contribution >= 4 is 6.09 Å². The minimum atomic E-state index is -0.980. The van der Waals surface area contributed by atoms with Crippen LogP contribution in [0, 0.1) is 0 Å². The Bertz CT molecular complexity index is 612. The molecule has 6 nitrogen and oxygen atoms in total. The Labute approximate surface area is 142 Å². The Balaban J connectivity index is 1.80. The fourth-order valence-electron chi connectivity index (χ4n) is 3.86. The fraction of sp³-hybridized carbons (Fsp3) is 0.667. The zero-order valence-electron chi connectivity index (χ0n) is 14.8. The van der Waals surface area contributed by atoms with Gasteiger partial charge in [0.15, 0.2) is 0 Å². The van der Waals surface area contributed by atoms with Crippen molar-refractivity contribution in [3.8, 4) is 5.75 Å². The van der Waals surface area contributed by atoms with E-state index in [0.29, 0.717) is 18.6 Å². The summed E-state index contributed by atoms with van der Waals surface area (Å²) in [5.74, 6) is 0.628. The first-order chi connectivity index (χ1) is 11.2. The van der Waals surface area contributed by atoms with Crippen molar-refractivity contribution in [3.63, 3.8) is 0 Å². The van der Waals surface area contributed by atoms with E-state index in [4.69, 9.17) is 9.47 Å². The zero-order chi connectivity index (χ0) is 17.5. The fourth-order valence-corrected chi connectivity index (χ4v) is 3.86. The number of pyridine rings is 1. The van der Waals surface area contributed by atoms with E-state index in [-0.39, 0.29) is 18.2 Å². The summed E-state index contributed by atoms with van der Waals surface area (Å²) in [5, 5.41) is 11.2. The van der Waals surface area contributed by atoms with E-state index in [1.165, 1.54) is 0 Å². The van der Waals surface area contributed by atoms with E-state index in [1.54, 1.807) is 19.5 Å². The number of amides is 1. The highest BCUT2D eigenvalue weighted by atomic mass is 16.6. The van der Waals surface area contributed by atoms with Crippen molar-refractivity contribution in [1.82, 2.24) is 9.88 Å². The lowest BCUT2D eigenvalue weighted by molar-refractivity contribution is -0.0626. The number of carbonyl (C=O) groups is 1. The van der Waals surface area contributed by atoms with Crippen molar-refractivity contribution in [1.29, 1.82) is 0 Å². The van der Waals surface area contributed by atoms with Crippen LogP contribution >= 0.6 is 0 Å². The average molecular weight is 334 g/mol.